The largest absolute Gasteiger partial charge is 0.481 e. The van der Waals surface area contributed by atoms with E-state index in [9.17, 15) is 14.4 Å². The van der Waals surface area contributed by atoms with Crippen molar-refractivity contribution in [1.29, 1.82) is 0 Å². The Balaban J connectivity index is 0.000000552. The van der Waals surface area contributed by atoms with Gasteiger partial charge in [0.2, 0.25) is 11.8 Å². The summed E-state index contributed by atoms with van der Waals surface area (Å²) in [6, 6.07) is 4.58. The van der Waals surface area contributed by atoms with Crippen molar-refractivity contribution < 1.29 is 19.5 Å². The van der Waals surface area contributed by atoms with Crippen LogP contribution in [0.15, 0.2) is 23.0 Å². The average Bonchev–Trinajstić information content (AvgIpc) is 3.12. The molecule has 4 rings (SSSR count). The minimum atomic E-state index is -0.964. The summed E-state index contributed by atoms with van der Waals surface area (Å²) in [5.41, 5.74) is 5.38. The average molecular weight is 404 g/mol. The Morgan fingerprint density at radius 3 is 2.52 bits per heavy atom. The number of rotatable bonds is 3. The van der Waals surface area contributed by atoms with E-state index in [4.69, 9.17) is 15.6 Å². The van der Waals surface area contributed by atoms with Gasteiger partial charge in [-0.2, -0.15) is 0 Å². The van der Waals surface area contributed by atoms with Crippen LogP contribution in [0, 0.1) is 5.92 Å². The van der Waals surface area contributed by atoms with Crippen molar-refractivity contribution in [1.82, 2.24) is 15.2 Å². The second-order valence-corrected chi connectivity index (χ2v) is 8.12. The molecule has 0 aromatic carbocycles. The molecule has 0 radical (unpaired) electrons. The van der Waals surface area contributed by atoms with Crippen molar-refractivity contribution in [2.24, 2.45) is 11.7 Å². The Morgan fingerprint density at radius 1 is 1.24 bits per heavy atom. The number of nitrogens with two attached hydrogens (primary N) is 1. The molecular formula is C20H28N4O5. The molecule has 2 aliphatic heterocycles. The highest BCUT2D eigenvalue weighted by Crippen LogP contribution is 2.39. The molecule has 3 aliphatic rings. The molecule has 3 atom stereocenters. The molecule has 0 spiro atoms. The summed E-state index contributed by atoms with van der Waals surface area (Å²) in [7, 11) is 0. The molecule has 3 heterocycles. The Bertz CT molecular complexity index is 855. The van der Waals surface area contributed by atoms with Crippen LogP contribution in [-0.2, 0) is 14.4 Å². The van der Waals surface area contributed by atoms with Gasteiger partial charge in [-0.15, -0.1) is 0 Å². The highest BCUT2D eigenvalue weighted by molar-refractivity contribution is 5.92. The van der Waals surface area contributed by atoms with Crippen LogP contribution in [0.4, 0.5) is 0 Å². The van der Waals surface area contributed by atoms with Gasteiger partial charge in [0.1, 0.15) is 11.6 Å². The molecule has 2 bridgehead atoms. The summed E-state index contributed by atoms with van der Waals surface area (Å²) >= 11 is 0. The lowest BCUT2D eigenvalue weighted by Crippen LogP contribution is -2.60. The maximum Gasteiger partial charge on any atom is 0.300 e. The first kappa shape index (κ1) is 21.0. The normalized spacial score (nSPS) is 26.4. The van der Waals surface area contributed by atoms with Crippen LogP contribution in [0.5, 0.6) is 0 Å². The van der Waals surface area contributed by atoms with Crippen molar-refractivity contribution in [2.75, 3.05) is 13.1 Å². The van der Waals surface area contributed by atoms with Crippen LogP contribution >= 0.6 is 0 Å². The highest BCUT2D eigenvalue weighted by Gasteiger charge is 2.46. The fourth-order valence-electron chi connectivity index (χ4n) is 4.85. The topological polar surface area (TPSA) is 144 Å². The molecule has 1 aliphatic carbocycles. The third-order valence-corrected chi connectivity index (χ3v) is 6.11. The summed E-state index contributed by atoms with van der Waals surface area (Å²) in [4.78, 5) is 46.7. The number of fused-ring (bicyclic) bond motifs is 4. The number of nitrogens with zero attached hydrogens (tertiary/aromatic N) is 1. The van der Waals surface area contributed by atoms with Crippen molar-refractivity contribution in [3.63, 3.8) is 0 Å². The molecule has 0 unspecified atom stereocenters. The fourth-order valence-corrected chi connectivity index (χ4v) is 4.85. The van der Waals surface area contributed by atoms with E-state index in [0.29, 0.717) is 19.4 Å². The molecule has 9 heteroatoms. The van der Waals surface area contributed by atoms with Gasteiger partial charge in [0.15, 0.2) is 0 Å². The first-order valence-electron chi connectivity index (χ1n) is 9.99. The first-order chi connectivity index (χ1) is 13.7. The molecule has 1 aromatic rings. The summed E-state index contributed by atoms with van der Waals surface area (Å²) in [6.07, 6.45) is 3.76. The van der Waals surface area contributed by atoms with Gasteiger partial charge in [0.25, 0.3) is 11.5 Å². The van der Waals surface area contributed by atoms with E-state index in [0.717, 1.165) is 38.4 Å². The van der Waals surface area contributed by atoms with Crippen molar-refractivity contribution in [2.45, 2.75) is 56.5 Å². The van der Waals surface area contributed by atoms with Crippen LogP contribution in [-0.4, -0.2) is 46.1 Å². The number of hydrogen-bond donors (Lipinski definition) is 4. The maximum atomic E-state index is 13.2. The highest BCUT2D eigenvalue weighted by atomic mass is 16.4. The number of carbonyl (C=O) groups is 3. The van der Waals surface area contributed by atoms with E-state index < -0.39 is 23.5 Å². The standard InChI is InChI=1S/C18H24N4O3.C2H4O2/c19-17(25)18(6-1-2-7-18)21-16(24)15-12-8-11(9-20-10-12)13-4-3-5-14(23)22(13)15;1-2(3)4/h3-5,11-12,15,20H,1-2,6-10H2,(H2,19,25)(H,21,24);1H3,(H,3,4)/t11-,12+,15-;/m1./s1. The van der Waals surface area contributed by atoms with Crippen LogP contribution in [0.2, 0.25) is 0 Å². The zero-order valence-corrected chi connectivity index (χ0v) is 16.5. The molecule has 5 N–H and O–H groups in total. The molecule has 1 saturated heterocycles. The van der Waals surface area contributed by atoms with Gasteiger partial charge in [0, 0.05) is 43.6 Å². The smallest absolute Gasteiger partial charge is 0.300 e. The van der Waals surface area contributed by atoms with Gasteiger partial charge in [-0.25, -0.2) is 0 Å². The molecular weight excluding hydrogens is 376 g/mol. The maximum absolute atomic E-state index is 13.2. The van der Waals surface area contributed by atoms with Crippen LogP contribution in [0.25, 0.3) is 0 Å². The van der Waals surface area contributed by atoms with E-state index in [1.54, 1.807) is 10.6 Å². The van der Waals surface area contributed by atoms with Crippen molar-refractivity contribution in [3.05, 3.63) is 34.2 Å². The third kappa shape index (κ3) is 4.19. The Hall–Kier alpha value is -2.68. The lowest BCUT2D eigenvalue weighted by atomic mass is 9.78. The number of pyridine rings is 1. The Labute approximate surface area is 168 Å². The van der Waals surface area contributed by atoms with E-state index >= 15 is 0 Å². The lowest BCUT2D eigenvalue weighted by molar-refractivity contribution is -0.135. The van der Waals surface area contributed by atoms with Crippen LogP contribution < -0.4 is 21.9 Å². The van der Waals surface area contributed by atoms with Gasteiger partial charge in [0.05, 0.1) is 0 Å². The molecule has 9 nitrogen and oxygen atoms in total. The molecule has 2 amide bonds. The number of aliphatic carboxylic acids is 1. The Kier molecular flexibility index (Phi) is 6.07. The predicted octanol–water partition coefficient (Wildman–Crippen LogP) is 0.101. The van der Waals surface area contributed by atoms with Gasteiger partial charge in [-0.05, 0) is 25.3 Å². The number of carboxylic acid groups (broad SMARTS) is 1. The molecule has 1 saturated carbocycles. The number of primary amides is 1. The van der Waals surface area contributed by atoms with Gasteiger partial charge in [-0.1, -0.05) is 18.9 Å². The quantitative estimate of drug-likeness (QED) is 0.563. The second kappa shape index (κ2) is 8.36. The second-order valence-electron chi connectivity index (χ2n) is 8.12. The number of piperidine rings is 1. The Morgan fingerprint density at radius 2 is 1.90 bits per heavy atom. The fraction of sp³-hybridized carbons (Fsp3) is 0.600. The lowest BCUT2D eigenvalue weighted by Gasteiger charge is -2.43. The third-order valence-electron chi connectivity index (χ3n) is 6.11. The summed E-state index contributed by atoms with van der Waals surface area (Å²) in [5.74, 6) is -1.29. The number of carboxylic acids is 1. The number of nitrogens with one attached hydrogen (secondary N) is 2. The van der Waals surface area contributed by atoms with Gasteiger partial charge in [-0.3, -0.25) is 23.7 Å². The zero-order valence-electron chi connectivity index (χ0n) is 16.5. The van der Waals surface area contributed by atoms with E-state index in [1.165, 1.54) is 6.07 Å². The minimum Gasteiger partial charge on any atom is -0.481 e. The van der Waals surface area contributed by atoms with Gasteiger partial charge < -0.3 is 21.5 Å². The zero-order chi connectivity index (χ0) is 21.2. The molecule has 29 heavy (non-hydrogen) atoms. The molecule has 2 fully saturated rings. The minimum absolute atomic E-state index is 0.0395. The summed E-state index contributed by atoms with van der Waals surface area (Å²) < 4.78 is 1.64. The number of carbonyl (C=O) groups excluding carboxylic acids is 2. The summed E-state index contributed by atoms with van der Waals surface area (Å²) in [5, 5.41) is 13.7. The van der Waals surface area contributed by atoms with Crippen molar-refractivity contribution in [3.8, 4) is 0 Å². The van der Waals surface area contributed by atoms with Crippen LogP contribution in [0.3, 0.4) is 0 Å². The predicted molar refractivity (Wildman–Crippen MR) is 105 cm³/mol. The number of amides is 2. The number of hydrogen-bond acceptors (Lipinski definition) is 5. The molecule has 158 valence electrons. The van der Waals surface area contributed by atoms with Crippen LogP contribution in [0.1, 0.15) is 56.7 Å². The van der Waals surface area contributed by atoms with Gasteiger partial charge >= 0.3 is 0 Å². The van der Waals surface area contributed by atoms with E-state index in [-0.39, 0.29) is 23.3 Å². The monoisotopic (exact) mass is 404 g/mol. The molecule has 1 aromatic heterocycles. The summed E-state index contributed by atoms with van der Waals surface area (Å²) in [6.45, 7) is 2.60. The van der Waals surface area contributed by atoms with E-state index in [2.05, 4.69) is 10.6 Å². The SMILES string of the molecule is CC(=O)O.NC(=O)C1(NC(=O)[C@H]2[C@@H]3CNC[C@@H](C3)c3cccc(=O)n32)CCCC1. The van der Waals surface area contributed by atoms with Crippen molar-refractivity contribution >= 4 is 17.8 Å². The number of aromatic nitrogens is 1. The van der Waals surface area contributed by atoms with E-state index in [1.807, 2.05) is 6.07 Å². The first-order valence-corrected chi connectivity index (χ1v) is 9.99.